The van der Waals surface area contributed by atoms with Crippen LogP contribution in [-0.4, -0.2) is 14.5 Å². The van der Waals surface area contributed by atoms with Crippen LogP contribution in [0.5, 0.6) is 0 Å². The van der Waals surface area contributed by atoms with Crippen LogP contribution < -0.4 is 27.0 Å². The minimum atomic E-state index is -0.299. The second-order valence-corrected chi connectivity index (χ2v) is 8.95. The molecule has 11 heteroatoms. The second-order valence-electron chi connectivity index (χ2n) is 8.14. The third-order valence-corrected chi connectivity index (χ3v) is 6.33. The Balaban J connectivity index is 1.60. The summed E-state index contributed by atoms with van der Waals surface area (Å²) in [5.74, 6) is 0. The maximum atomic E-state index is 9.79. The first-order valence-electron chi connectivity index (χ1n) is 10.7. The van der Waals surface area contributed by atoms with Gasteiger partial charge in [-0.3, -0.25) is 4.98 Å². The first kappa shape index (κ1) is 22.8. The first-order chi connectivity index (χ1) is 16.9. The summed E-state index contributed by atoms with van der Waals surface area (Å²) < 4.78 is 1.88. The number of hydrazine groups is 2. The van der Waals surface area contributed by atoms with E-state index in [1.165, 1.54) is 6.20 Å². The van der Waals surface area contributed by atoms with E-state index in [9.17, 15) is 5.26 Å². The summed E-state index contributed by atoms with van der Waals surface area (Å²) in [7, 11) is 1.91. The molecule has 0 spiro atoms. The van der Waals surface area contributed by atoms with Gasteiger partial charge in [0.15, 0.2) is 0 Å². The number of benzene rings is 2. The molecule has 0 bridgehead atoms. The molecule has 1 aliphatic heterocycles. The molecule has 2 aromatic carbocycles. The highest BCUT2D eigenvalue weighted by Gasteiger charge is 2.23. The summed E-state index contributed by atoms with van der Waals surface area (Å²) in [4.78, 5) is 8.95. The molecule has 0 aliphatic carbocycles. The number of nitriles is 1. The van der Waals surface area contributed by atoms with Gasteiger partial charge in [0.1, 0.15) is 12.1 Å². The van der Waals surface area contributed by atoms with E-state index in [2.05, 4.69) is 43.1 Å². The topological polar surface area (TPSA) is 115 Å². The Bertz CT molecular complexity index is 1500. The summed E-state index contributed by atoms with van der Waals surface area (Å²) in [5.41, 5.74) is 14.5. The number of anilines is 3. The number of halogens is 2. The average molecular weight is 506 g/mol. The normalized spacial score (nSPS) is 13.5. The van der Waals surface area contributed by atoms with Gasteiger partial charge < -0.3 is 26.1 Å². The van der Waals surface area contributed by atoms with Gasteiger partial charge in [0.2, 0.25) is 0 Å². The zero-order valence-corrected chi connectivity index (χ0v) is 20.3. The van der Waals surface area contributed by atoms with Crippen LogP contribution in [0.2, 0.25) is 10.0 Å². The molecule has 3 heterocycles. The minimum absolute atomic E-state index is 0.299. The standard InChI is InChI=1S/C24H21Cl2N9/c1-13-3-4-15(6-18(13)25)31-22-14(8-27)9-28-23-17(22)5-16(7-19(23)26)32-24(20-10-30-34-33-20)21-11-35(2)12-29-21/h3-7,9-12,24,30,32-34H,1-2H3,(H,28,31)/t24-/m1/s1. The Hall–Kier alpha value is -3.97. The molecule has 0 saturated carbocycles. The molecule has 4 aromatic rings. The fourth-order valence-electron chi connectivity index (χ4n) is 3.85. The number of aromatic nitrogens is 3. The molecule has 0 amide bonds. The Morgan fingerprint density at radius 2 is 1.94 bits per heavy atom. The highest BCUT2D eigenvalue weighted by Crippen LogP contribution is 2.37. The van der Waals surface area contributed by atoms with Crippen LogP contribution in [0.15, 0.2) is 60.9 Å². The third kappa shape index (κ3) is 4.55. The van der Waals surface area contributed by atoms with E-state index < -0.39 is 0 Å². The van der Waals surface area contributed by atoms with Crippen LogP contribution in [0.4, 0.5) is 17.1 Å². The zero-order chi connectivity index (χ0) is 24.5. The lowest BCUT2D eigenvalue weighted by Crippen LogP contribution is -2.34. The highest BCUT2D eigenvalue weighted by molar-refractivity contribution is 6.36. The number of nitrogens with one attached hydrogen (secondary N) is 5. The average Bonchev–Trinajstić information content (AvgIpc) is 3.52. The van der Waals surface area contributed by atoms with Crippen molar-refractivity contribution in [1.82, 2.24) is 30.9 Å². The van der Waals surface area contributed by atoms with Crippen LogP contribution in [0, 0.1) is 18.3 Å². The maximum Gasteiger partial charge on any atom is 0.113 e. The van der Waals surface area contributed by atoms with Crippen LogP contribution >= 0.6 is 23.2 Å². The van der Waals surface area contributed by atoms with Crippen molar-refractivity contribution in [2.45, 2.75) is 13.0 Å². The molecular formula is C24H21Cl2N9. The number of aryl methyl sites for hydroxylation is 2. The van der Waals surface area contributed by atoms with Crippen molar-refractivity contribution in [2.24, 2.45) is 7.05 Å². The highest BCUT2D eigenvalue weighted by atomic mass is 35.5. The number of nitrogens with zero attached hydrogens (tertiary/aromatic N) is 4. The summed E-state index contributed by atoms with van der Waals surface area (Å²) in [6.07, 6.45) is 7.01. The first-order valence-corrected chi connectivity index (χ1v) is 11.4. The molecule has 5 N–H and O–H groups in total. The van der Waals surface area contributed by atoms with Crippen molar-refractivity contribution in [2.75, 3.05) is 10.6 Å². The Kier molecular flexibility index (Phi) is 6.09. The summed E-state index contributed by atoms with van der Waals surface area (Å²) >= 11 is 13.0. The number of imidazole rings is 1. The van der Waals surface area contributed by atoms with Gasteiger partial charge in [-0.2, -0.15) is 10.8 Å². The summed E-state index contributed by atoms with van der Waals surface area (Å²) in [6, 6.07) is 11.3. The van der Waals surface area contributed by atoms with Gasteiger partial charge in [0.25, 0.3) is 0 Å². The largest absolute Gasteiger partial charge is 0.371 e. The zero-order valence-electron chi connectivity index (χ0n) is 18.8. The SMILES string of the molecule is Cc1ccc(Nc2c(C#N)cnc3c(Cl)cc(N[C@H](C4=CNNN4)c4cn(C)cn4)cc23)cc1Cl. The van der Waals surface area contributed by atoms with Crippen LogP contribution in [0.3, 0.4) is 0 Å². The van der Waals surface area contributed by atoms with E-state index in [1.807, 2.05) is 61.3 Å². The quantitative estimate of drug-likeness (QED) is 0.253. The summed E-state index contributed by atoms with van der Waals surface area (Å²) in [5, 5.41) is 18.4. The van der Waals surface area contributed by atoms with Gasteiger partial charge in [-0.25, -0.2) is 4.98 Å². The lowest BCUT2D eigenvalue weighted by Gasteiger charge is -2.20. The molecular weight excluding hydrogens is 485 g/mol. The molecule has 35 heavy (non-hydrogen) atoms. The molecule has 1 aliphatic rings. The Labute approximate surface area is 211 Å². The fraction of sp³-hybridized carbons (Fsp3) is 0.125. The van der Waals surface area contributed by atoms with Crippen molar-refractivity contribution >= 4 is 51.2 Å². The van der Waals surface area contributed by atoms with E-state index in [1.54, 1.807) is 6.33 Å². The van der Waals surface area contributed by atoms with E-state index in [0.717, 1.165) is 28.3 Å². The lowest BCUT2D eigenvalue weighted by molar-refractivity contribution is 0.581. The molecule has 5 rings (SSSR count). The molecule has 0 fully saturated rings. The monoisotopic (exact) mass is 505 g/mol. The van der Waals surface area contributed by atoms with Crippen molar-refractivity contribution in [1.29, 1.82) is 5.26 Å². The smallest absolute Gasteiger partial charge is 0.113 e. The molecule has 0 radical (unpaired) electrons. The maximum absolute atomic E-state index is 9.79. The van der Waals surface area contributed by atoms with E-state index in [0.29, 0.717) is 32.2 Å². The molecule has 9 nitrogen and oxygen atoms in total. The van der Waals surface area contributed by atoms with Crippen molar-refractivity contribution < 1.29 is 0 Å². The van der Waals surface area contributed by atoms with E-state index in [-0.39, 0.29) is 6.04 Å². The molecule has 1 atom stereocenters. The minimum Gasteiger partial charge on any atom is -0.371 e. The van der Waals surface area contributed by atoms with Gasteiger partial charge in [-0.1, -0.05) is 29.3 Å². The molecule has 2 aromatic heterocycles. The number of rotatable bonds is 6. The second kappa shape index (κ2) is 9.35. The van der Waals surface area contributed by atoms with Crippen molar-refractivity contribution in [3.8, 4) is 6.07 Å². The molecule has 176 valence electrons. The number of hydrogen-bond donors (Lipinski definition) is 5. The molecule has 0 unspecified atom stereocenters. The Morgan fingerprint density at radius 1 is 1.11 bits per heavy atom. The van der Waals surface area contributed by atoms with Crippen molar-refractivity contribution in [3.05, 3.63) is 87.8 Å². The van der Waals surface area contributed by atoms with Gasteiger partial charge in [-0.15, -0.1) is 0 Å². The van der Waals surface area contributed by atoms with Gasteiger partial charge >= 0.3 is 0 Å². The Morgan fingerprint density at radius 3 is 2.63 bits per heavy atom. The van der Waals surface area contributed by atoms with E-state index in [4.69, 9.17) is 23.2 Å². The third-order valence-electron chi connectivity index (χ3n) is 5.64. The van der Waals surface area contributed by atoms with Crippen LogP contribution in [0.25, 0.3) is 10.9 Å². The number of pyridine rings is 1. The van der Waals surface area contributed by atoms with Crippen LogP contribution in [0.1, 0.15) is 22.9 Å². The van der Waals surface area contributed by atoms with E-state index >= 15 is 0 Å². The predicted octanol–water partition coefficient (Wildman–Crippen LogP) is 4.81. The fourth-order valence-corrected chi connectivity index (χ4v) is 4.30. The van der Waals surface area contributed by atoms with Gasteiger partial charge in [0.05, 0.1) is 39.5 Å². The predicted molar refractivity (Wildman–Crippen MR) is 138 cm³/mol. The van der Waals surface area contributed by atoms with Crippen LogP contribution in [-0.2, 0) is 7.05 Å². The van der Waals surface area contributed by atoms with Gasteiger partial charge in [0, 0.05) is 47.4 Å². The lowest BCUT2D eigenvalue weighted by atomic mass is 10.1. The summed E-state index contributed by atoms with van der Waals surface area (Å²) in [6.45, 7) is 1.93. The van der Waals surface area contributed by atoms with Gasteiger partial charge in [-0.05, 0) is 36.8 Å². The van der Waals surface area contributed by atoms with Crippen molar-refractivity contribution in [3.63, 3.8) is 0 Å². The number of fused-ring (bicyclic) bond motifs is 1. The number of hydrogen-bond acceptors (Lipinski definition) is 8. The molecule has 0 saturated heterocycles.